The molecule has 4 fully saturated rings. The molecule has 0 amide bonds. The van der Waals surface area contributed by atoms with Crippen LogP contribution in [0.15, 0.2) is 36.9 Å². The third-order valence-corrected chi connectivity index (χ3v) is 12.0. The number of ether oxygens (including phenoxy) is 2. The Kier molecular flexibility index (Phi) is 10.7. The van der Waals surface area contributed by atoms with Gasteiger partial charge in [0.25, 0.3) is 0 Å². The molecule has 4 aromatic heterocycles. The summed E-state index contributed by atoms with van der Waals surface area (Å²) in [6.07, 6.45) is -2.96. The van der Waals surface area contributed by atoms with Crippen molar-refractivity contribution in [2.45, 2.75) is 95.6 Å². The molecule has 0 saturated carbocycles. The van der Waals surface area contributed by atoms with Crippen molar-refractivity contribution in [2.75, 3.05) is 24.7 Å². The lowest BCUT2D eigenvalue weighted by molar-refractivity contribution is -0.0802. The predicted molar refractivity (Wildman–Crippen MR) is 187 cm³/mol. The number of aromatic nitrogens is 6. The number of rotatable bonds is 4. The van der Waals surface area contributed by atoms with Crippen LogP contribution in [0.1, 0.15) is 53.9 Å². The van der Waals surface area contributed by atoms with E-state index in [-0.39, 0.29) is 51.1 Å². The quantitative estimate of drug-likeness (QED) is 0.245. The van der Waals surface area contributed by atoms with E-state index in [1.807, 2.05) is 12.1 Å². The maximum Gasteiger partial charge on any atom is 0.475 e. The van der Waals surface area contributed by atoms with Gasteiger partial charge in [0.15, 0.2) is 23.0 Å². The van der Waals surface area contributed by atoms with E-state index in [0.29, 0.717) is 11.0 Å². The van der Waals surface area contributed by atoms with Gasteiger partial charge in [-0.25, -0.2) is 36.9 Å². The van der Waals surface area contributed by atoms with Crippen LogP contribution in [0.3, 0.4) is 0 Å². The Morgan fingerprint density at radius 3 is 1.73 bits per heavy atom. The Hall–Kier alpha value is -4.18. The maximum absolute atomic E-state index is 16.1. The van der Waals surface area contributed by atoms with E-state index in [9.17, 15) is 24.5 Å². The number of nitrogens with zero attached hydrogens (tertiary/aromatic N) is 8. The number of nitrogen functional groups attached to an aromatic ring is 2. The van der Waals surface area contributed by atoms with Crippen molar-refractivity contribution < 1.29 is 54.9 Å². The number of fused-ring (bicyclic) bond motifs is 4. The fourth-order valence-electron chi connectivity index (χ4n) is 6.92. The molecule has 5 N–H and O–H groups in total. The number of hydrogen-bond donors (Lipinski definition) is 3. The molecular weight excluding hydrogens is 772 g/mol. The lowest BCUT2D eigenvalue weighted by Gasteiger charge is -2.35. The largest absolute Gasteiger partial charge is 0.475 e. The van der Waals surface area contributed by atoms with Crippen molar-refractivity contribution in [3.63, 3.8) is 0 Å². The number of phosphoric ester groups is 2. The van der Waals surface area contributed by atoms with Crippen molar-refractivity contribution in [1.82, 2.24) is 29.2 Å². The summed E-state index contributed by atoms with van der Waals surface area (Å²) in [7, 11) is -8.42. The Labute approximate surface area is 313 Å². The molecule has 55 heavy (non-hydrogen) atoms. The zero-order valence-electron chi connectivity index (χ0n) is 28.3. The number of nitrogens with two attached hydrogens (primary N) is 2. The minimum Gasteiger partial charge on any atom is -0.382 e. The van der Waals surface area contributed by atoms with Crippen LogP contribution in [0.2, 0.25) is 0 Å². The molecule has 8 rings (SSSR count). The van der Waals surface area contributed by atoms with Crippen LogP contribution >= 0.6 is 15.6 Å². The number of nitriles is 2. The fraction of sp³-hybridized carbons (Fsp3) is 0.548. The molecule has 24 heteroatoms. The van der Waals surface area contributed by atoms with E-state index < -0.39 is 68.7 Å². The smallest absolute Gasteiger partial charge is 0.382 e. The van der Waals surface area contributed by atoms with Crippen molar-refractivity contribution in [2.24, 2.45) is 0 Å². The highest BCUT2D eigenvalue weighted by atomic mass is 31.2. The van der Waals surface area contributed by atoms with E-state index >= 15 is 8.78 Å². The summed E-state index contributed by atoms with van der Waals surface area (Å²) in [6.45, 7) is 4.90. The van der Waals surface area contributed by atoms with Crippen molar-refractivity contribution in [3.8, 4) is 12.1 Å². The molecule has 0 aromatic carbocycles. The molecule has 10 atom stereocenters. The Balaban J connectivity index is 0.000000205. The van der Waals surface area contributed by atoms with Crippen molar-refractivity contribution >= 4 is 38.3 Å². The molecule has 0 radical (unpaired) electrons. The van der Waals surface area contributed by atoms with Gasteiger partial charge in [-0.1, -0.05) is 14.9 Å². The molecule has 0 bridgehead atoms. The SMILES string of the molecule is C.C.CC(C)OP1(=O)OC[C@H]2O[C@@](C#N)(c3ccc4c(N)ncnn34)[C@](C)(F)[C@@H]2O1.C[C@@]1(F)[C@@H]2OP(=O)(O)OC[C@H]2O[C@@]1(C#N)c1ccc2c(N)ncnn12. The minimum absolute atomic E-state index is 0. The molecule has 2 unspecified atom stereocenters. The molecule has 0 aliphatic carbocycles. The normalized spacial score (nSPS) is 37.8. The van der Waals surface area contributed by atoms with Crippen LogP contribution in [0.4, 0.5) is 20.4 Å². The summed E-state index contributed by atoms with van der Waals surface area (Å²) in [6, 6.07) is 9.78. The fourth-order valence-corrected chi connectivity index (χ4v) is 9.57. The van der Waals surface area contributed by atoms with E-state index in [4.69, 9.17) is 39.0 Å². The zero-order chi connectivity index (χ0) is 38.4. The number of halogens is 2. The first-order valence-corrected chi connectivity index (χ1v) is 18.8. The summed E-state index contributed by atoms with van der Waals surface area (Å²) >= 11 is 0. The third-order valence-electron chi connectivity index (χ3n) is 9.41. The van der Waals surface area contributed by atoms with Gasteiger partial charge in [-0.15, -0.1) is 0 Å². The molecule has 0 spiro atoms. The molecule has 20 nitrogen and oxygen atoms in total. The van der Waals surface area contributed by atoms with Crippen LogP contribution in [0, 0.1) is 22.7 Å². The Morgan fingerprint density at radius 2 is 1.29 bits per heavy atom. The molecular formula is C31H40F2N10O10P2. The Bertz CT molecular complexity index is 2300. The van der Waals surface area contributed by atoms with Gasteiger partial charge < -0.3 is 25.8 Å². The number of phosphoric acid groups is 2. The second-order valence-electron chi connectivity index (χ2n) is 13.1. The van der Waals surface area contributed by atoms with Crippen molar-refractivity contribution in [3.05, 3.63) is 48.3 Å². The van der Waals surface area contributed by atoms with Gasteiger partial charge in [-0.3, -0.25) is 22.6 Å². The molecule has 4 aliphatic heterocycles. The second kappa shape index (κ2) is 14.1. The van der Waals surface area contributed by atoms with Crippen LogP contribution in [0.25, 0.3) is 11.0 Å². The minimum atomic E-state index is -4.42. The highest BCUT2D eigenvalue weighted by Crippen LogP contribution is 2.62. The standard InChI is InChI=1S/C16H19FN5O5P.C13H13FN5O5P.2CH4/c1-9(2)26-28(23)24-6-11-13(27-28)15(3,17)16(7-18,25-11)12-5-4-10-14(19)20-8-21-22(10)12;1-12(14)10-8(4-22-25(20,21)24-10)23-13(12,5-15)9-3-2-7-11(16)17-6-18-19(7)9;;/h4-5,8-9,11,13H,6H2,1-3H3,(H2,19,20,21);2-3,6,8,10H,4H2,1H3,(H,20,21)(H2,16,17,18);2*1H4/t11-,13-,15-,16+,28?;8-,10-,12-,13+;;/m11../s1. The van der Waals surface area contributed by atoms with Crippen LogP contribution in [-0.2, 0) is 52.4 Å². The average molecular weight is 813 g/mol. The first kappa shape index (κ1) is 42.0. The highest BCUT2D eigenvalue weighted by Gasteiger charge is 2.72. The van der Waals surface area contributed by atoms with Gasteiger partial charge in [-0.05, 0) is 52.0 Å². The maximum atomic E-state index is 16.1. The van der Waals surface area contributed by atoms with Gasteiger partial charge in [-0.2, -0.15) is 20.7 Å². The van der Waals surface area contributed by atoms with Gasteiger partial charge in [0.2, 0.25) is 11.2 Å². The third kappa shape index (κ3) is 6.27. The molecule has 4 aliphatic rings. The lowest BCUT2D eigenvalue weighted by Crippen LogP contribution is -2.50. The molecule has 4 aromatic rings. The molecule has 298 valence electrons. The molecule has 4 saturated heterocycles. The monoisotopic (exact) mass is 812 g/mol. The van der Waals surface area contributed by atoms with Crippen LogP contribution in [-0.4, -0.2) is 89.2 Å². The zero-order valence-corrected chi connectivity index (χ0v) is 30.1. The van der Waals surface area contributed by atoms with E-state index in [2.05, 4.69) is 24.7 Å². The van der Waals surface area contributed by atoms with Crippen molar-refractivity contribution in [1.29, 1.82) is 10.5 Å². The van der Waals surface area contributed by atoms with E-state index in [1.54, 1.807) is 19.9 Å². The predicted octanol–water partition coefficient (Wildman–Crippen LogP) is 4.05. The Morgan fingerprint density at radius 1 is 0.855 bits per heavy atom. The van der Waals surface area contributed by atoms with Gasteiger partial charge in [0, 0.05) is 0 Å². The highest BCUT2D eigenvalue weighted by molar-refractivity contribution is 7.48. The van der Waals surface area contributed by atoms with Gasteiger partial charge >= 0.3 is 15.6 Å². The first-order valence-electron chi connectivity index (χ1n) is 15.9. The number of anilines is 2. The summed E-state index contributed by atoms with van der Waals surface area (Å²) in [4.78, 5) is 17.2. The number of hydrogen-bond acceptors (Lipinski definition) is 17. The first-order chi connectivity index (χ1) is 24.9. The van der Waals surface area contributed by atoms with E-state index in [0.717, 1.165) is 20.2 Å². The topological polar surface area (TPSA) is 279 Å². The van der Waals surface area contributed by atoms with Gasteiger partial charge in [0.1, 0.15) is 60.2 Å². The van der Waals surface area contributed by atoms with Crippen LogP contribution in [0.5, 0.6) is 0 Å². The summed E-state index contributed by atoms with van der Waals surface area (Å²) in [5, 5.41) is 27.8. The van der Waals surface area contributed by atoms with Gasteiger partial charge in [0.05, 0.1) is 30.7 Å². The second-order valence-corrected chi connectivity index (χ2v) is 16.1. The van der Waals surface area contributed by atoms with E-state index in [1.165, 1.54) is 33.6 Å². The summed E-state index contributed by atoms with van der Waals surface area (Å²) < 4.78 is 95.7. The number of alkyl halides is 2. The summed E-state index contributed by atoms with van der Waals surface area (Å²) in [5.41, 5.74) is 3.41. The average Bonchev–Trinajstić information content (AvgIpc) is 3.82. The van der Waals surface area contributed by atoms with Crippen LogP contribution < -0.4 is 11.5 Å². The lowest BCUT2D eigenvalue weighted by atomic mass is 9.82. The molecule has 8 heterocycles. The summed E-state index contributed by atoms with van der Waals surface area (Å²) in [5.74, 6) is 0.310.